The average Bonchev–Trinajstić information content (AvgIpc) is 2.73. The highest BCUT2D eigenvalue weighted by atomic mass is 15.1. The summed E-state index contributed by atoms with van der Waals surface area (Å²) in [6, 6.07) is 0. The van der Waals surface area contributed by atoms with Gasteiger partial charge in [0.1, 0.15) is 0 Å². The molecule has 4 rings (SSSR count). The van der Waals surface area contributed by atoms with Crippen molar-refractivity contribution in [1.82, 2.24) is 0 Å². The van der Waals surface area contributed by atoms with E-state index in [9.17, 15) is 0 Å². The lowest BCUT2D eigenvalue weighted by molar-refractivity contribution is -0.412. The zero-order valence-electron chi connectivity index (χ0n) is 24.0. The first-order chi connectivity index (χ1) is 12.8. The first-order valence-electron chi connectivity index (χ1n) is 12.8. The maximum atomic E-state index is 2.78. The Hall–Kier alpha value is 0. The SMILES string of the molecule is CC1(C)C(C)(C)C2(C)C1(C)C(C)(C)C1(C)C(C)(C)C3(C)C(C)(C)C(C)(C)C3(C)C12C. The van der Waals surface area contributed by atoms with Gasteiger partial charge in [-0.25, -0.2) is 0 Å². The lowest BCUT2D eigenvalue weighted by atomic mass is 9.16. The van der Waals surface area contributed by atoms with Gasteiger partial charge < -0.3 is 0 Å². The largest absolute Gasteiger partial charge is 0.0588 e. The summed E-state index contributed by atoms with van der Waals surface area (Å²) < 4.78 is 0. The van der Waals surface area contributed by atoms with Crippen molar-refractivity contribution in [2.45, 2.75) is 125 Å². The van der Waals surface area contributed by atoms with Crippen molar-refractivity contribution < 1.29 is 0 Å². The van der Waals surface area contributed by atoms with E-state index in [4.69, 9.17) is 0 Å². The van der Waals surface area contributed by atoms with E-state index in [1.807, 2.05) is 0 Å². The van der Waals surface area contributed by atoms with Gasteiger partial charge in [-0.05, 0) is 65.0 Å². The van der Waals surface area contributed by atoms with Crippen LogP contribution in [0.25, 0.3) is 0 Å². The highest BCUT2D eigenvalue weighted by Gasteiger charge is 3.04. The normalized spacial score (nSPS) is 59.4. The van der Waals surface area contributed by atoms with Crippen LogP contribution in [-0.2, 0) is 0 Å². The molecule has 0 N–H and O–H groups in total. The molecule has 0 aromatic carbocycles. The van der Waals surface area contributed by atoms with Crippen molar-refractivity contribution >= 4 is 0 Å². The molecule has 4 fully saturated rings. The maximum Gasteiger partial charge on any atom is -0.0132 e. The quantitative estimate of drug-likeness (QED) is 0.370. The summed E-state index contributed by atoms with van der Waals surface area (Å²) in [5, 5.41) is 0. The number of fused-ring (bicyclic) bond motifs is 5. The van der Waals surface area contributed by atoms with Crippen molar-refractivity contribution in [1.29, 1.82) is 0 Å². The Labute approximate surface area is 189 Å². The molecule has 0 amide bonds. The van der Waals surface area contributed by atoms with Crippen molar-refractivity contribution in [2.75, 3.05) is 0 Å². The number of hydrogen-bond donors (Lipinski definition) is 0. The molecule has 0 radical (unpaired) electrons. The van der Waals surface area contributed by atoms with Gasteiger partial charge >= 0.3 is 0 Å². The summed E-state index contributed by atoms with van der Waals surface area (Å²) >= 11 is 0. The van der Waals surface area contributed by atoms with Gasteiger partial charge in [-0.2, -0.15) is 0 Å². The predicted molar refractivity (Wildman–Crippen MR) is 131 cm³/mol. The molecule has 0 spiro atoms. The van der Waals surface area contributed by atoms with Gasteiger partial charge in [0.25, 0.3) is 0 Å². The molecule has 30 heavy (non-hydrogen) atoms. The van der Waals surface area contributed by atoms with Gasteiger partial charge in [0.2, 0.25) is 0 Å². The maximum absolute atomic E-state index is 2.78. The fourth-order valence-corrected chi connectivity index (χ4v) is 14.5. The predicted octanol–water partition coefficient (Wildman–Crippen LogP) is 9.24. The summed E-state index contributed by atoms with van der Waals surface area (Å²) in [6.07, 6.45) is 0. The van der Waals surface area contributed by atoms with Crippen LogP contribution in [0.15, 0.2) is 0 Å². The topological polar surface area (TPSA) is 0 Å². The minimum absolute atomic E-state index is 0.218. The van der Waals surface area contributed by atoms with E-state index in [1.54, 1.807) is 0 Å². The molecule has 0 saturated heterocycles. The summed E-state index contributed by atoms with van der Waals surface area (Å²) in [6.45, 7) is 47.9. The molecule has 0 aromatic rings. The molecule has 0 aliphatic heterocycles. The van der Waals surface area contributed by atoms with Gasteiger partial charge in [0.15, 0.2) is 0 Å². The average molecular weight is 415 g/mol. The van der Waals surface area contributed by atoms with Crippen molar-refractivity contribution in [3.8, 4) is 0 Å². The van der Waals surface area contributed by atoms with Crippen molar-refractivity contribution in [3.63, 3.8) is 0 Å². The highest BCUT2D eigenvalue weighted by Crippen LogP contribution is 3.08. The molecule has 0 heteroatoms. The molecule has 0 nitrogen and oxygen atoms in total. The van der Waals surface area contributed by atoms with Gasteiger partial charge in [0.05, 0.1) is 0 Å². The van der Waals surface area contributed by atoms with Crippen LogP contribution >= 0.6 is 0 Å². The Morgan fingerprint density at radius 3 is 0.567 bits per heavy atom. The Morgan fingerprint density at radius 2 is 0.333 bits per heavy atom. The number of hydrogen-bond acceptors (Lipinski definition) is 0. The van der Waals surface area contributed by atoms with Gasteiger partial charge in [-0.15, -0.1) is 0 Å². The van der Waals surface area contributed by atoms with Crippen LogP contribution in [0.4, 0.5) is 0 Å². The zero-order chi connectivity index (χ0) is 24.0. The Morgan fingerprint density at radius 1 is 0.167 bits per heavy atom. The second kappa shape index (κ2) is 4.39. The van der Waals surface area contributed by atoms with E-state index >= 15 is 0 Å². The standard InChI is InChI=1S/C30H54/c1-19(2)21(5,6)28(16)25(19,13)23(9,10)27(15)24(11,12)26(14)20(3,4)22(7,8)29(26,17)30(27,28)18/h1-18H3. The third kappa shape index (κ3) is 1.12. The Bertz CT molecular complexity index is 796. The smallest absolute Gasteiger partial charge is 0.0132 e. The minimum Gasteiger partial charge on any atom is -0.0588 e. The van der Waals surface area contributed by atoms with Gasteiger partial charge in [0, 0.05) is 0 Å². The van der Waals surface area contributed by atoms with Crippen LogP contribution in [0.2, 0.25) is 0 Å². The highest BCUT2D eigenvalue weighted by molar-refractivity contribution is 5.50. The molecule has 4 saturated carbocycles. The van der Waals surface area contributed by atoms with E-state index in [2.05, 4.69) is 125 Å². The summed E-state index contributed by atoms with van der Waals surface area (Å²) in [5.41, 5.74) is 3.09. The molecule has 4 atom stereocenters. The minimum atomic E-state index is 0.218. The van der Waals surface area contributed by atoms with Crippen LogP contribution in [0.1, 0.15) is 125 Å². The van der Waals surface area contributed by atoms with Gasteiger partial charge in [-0.1, -0.05) is 125 Å². The van der Waals surface area contributed by atoms with E-state index in [1.165, 1.54) is 0 Å². The van der Waals surface area contributed by atoms with Crippen LogP contribution in [-0.4, -0.2) is 0 Å². The van der Waals surface area contributed by atoms with Gasteiger partial charge in [-0.3, -0.25) is 0 Å². The van der Waals surface area contributed by atoms with Crippen molar-refractivity contribution in [2.24, 2.45) is 65.0 Å². The van der Waals surface area contributed by atoms with E-state index in [-0.39, 0.29) is 54.1 Å². The molecule has 0 heterocycles. The Kier molecular flexibility index (Phi) is 3.39. The molecule has 4 aliphatic carbocycles. The number of rotatable bonds is 0. The van der Waals surface area contributed by atoms with Crippen LogP contribution in [0.3, 0.4) is 0 Å². The fraction of sp³-hybridized carbons (Fsp3) is 1.00. The summed E-state index contributed by atoms with van der Waals surface area (Å²) in [7, 11) is 0. The third-order valence-electron chi connectivity index (χ3n) is 18.1. The lowest BCUT2D eigenvalue weighted by Gasteiger charge is -2.88. The van der Waals surface area contributed by atoms with E-state index < -0.39 is 0 Å². The molecular formula is C30H54. The van der Waals surface area contributed by atoms with Crippen molar-refractivity contribution in [3.05, 3.63) is 0 Å². The zero-order valence-corrected chi connectivity index (χ0v) is 24.0. The molecule has 0 aromatic heterocycles. The molecule has 4 aliphatic rings. The van der Waals surface area contributed by atoms with Crippen LogP contribution in [0, 0.1) is 65.0 Å². The first kappa shape index (κ1) is 23.2. The fourth-order valence-electron chi connectivity index (χ4n) is 14.5. The Balaban J connectivity index is 2.26. The monoisotopic (exact) mass is 414 g/mol. The molecular weight excluding hydrogens is 360 g/mol. The van der Waals surface area contributed by atoms with E-state index in [0.29, 0.717) is 10.8 Å². The van der Waals surface area contributed by atoms with E-state index in [0.717, 1.165) is 0 Å². The lowest BCUT2D eigenvalue weighted by Crippen LogP contribution is -2.83. The molecule has 4 unspecified atom stereocenters. The third-order valence-corrected chi connectivity index (χ3v) is 18.1. The summed E-state index contributed by atoms with van der Waals surface area (Å²) in [5.74, 6) is 0. The molecule has 0 bridgehead atoms. The second-order valence-corrected chi connectivity index (χ2v) is 16.5. The second-order valence-electron chi connectivity index (χ2n) is 16.5. The summed E-state index contributed by atoms with van der Waals surface area (Å²) in [4.78, 5) is 0. The van der Waals surface area contributed by atoms with Crippen LogP contribution in [0.5, 0.6) is 0 Å². The first-order valence-corrected chi connectivity index (χ1v) is 12.8. The van der Waals surface area contributed by atoms with Crippen LogP contribution < -0.4 is 0 Å². The molecule has 174 valence electrons.